The summed E-state index contributed by atoms with van der Waals surface area (Å²) in [6, 6.07) is 1.78. The first-order valence-corrected chi connectivity index (χ1v) is 4.12. The van der Waals surface area contributed by atoms with Gasteiger partial charge in [0.05, 0.1) is 0 Å². The Kier molecular flexibility index (Phi) is 2.27. The normalized spacial score (nSPS) is 9.90. The molecule has 1 nitrogen and oxygen atoms in total. The van der Waals surface area contributed by atoms with Crippen molar-refractivity contribution in [2.24, 2.45) is 0 Å². The Morgan fingerprint density at radius 2 is 2.30 bits per heavy atom. The third-order valence-electron chi connectivity index (χ3n) is 1.23. The van der Waals surface area contributed by atoms with Gasteiger partial charge in [-0.15, -0.1) is 11.8 Å². The highest BCUT2D eigenvalue weighted by atomic mass is 32.2. The molecule has 0 aromatic carbocycles. The monoisotopic (exact) mass is 157 g/mol. The molecule has 0 unspecified atom stereocenters. The number of nitrogens with zero attached hydrogens (tertiary/aromatic N) is 1. The molecule has 0 aliphatic rings. The minimum atomic E-state index is -0.377. The van der Waals surface area contributed by atoms with Gasteiger partial charge in [-0.1, -0.05) is 0 Å². The van der Waals surface area contributed by atoms with Crippen LogP contribution in [0.5, 0.6) is 0 Å². The van der Waals surface area contributed by atoms with Crippen molar-refractivity contribution in [3.63, 3.8) is 0 Å². The Bertz CT molecular complexity index is 237. The van der Waals surface area contributed by atoms with Crippen LogP contribution < -0.4 is 0 Å². The lowest BCUT2D eigenvalue weighted by Crippen LogP contribution is -1.86. The van der Waals surface area contributed by atoms with Crippen molar-refractivity contribution in [1.29, 1.82) is 0 Å². The average Bonchev–Trinajstić information content (AvgIpc) is 1.95. The summed E-state index contributed by atoms with van der Waals surface area (Å²) in [5.74, 6) is -0.377. The maximum atomic E-state index is 12.5. The molecule has 1 aromatic rings. The number of thioether (sulfide) groups is 1. The van der Waals surface area contributed by atoms with Crippen molar-refractivity contribution in [2.45, 2.75) is 11.8 Å². The van der Waals surface area contributed by atoms with E-state index in [0.717, 1.165) is 4.90 Å². The second kappa shape index (κ2) is 3.01. The van der Waals surface area contributed by atoms with E-state index in [4.69, 9.17) is 0 Å². The van der Waals surface area contributed by atoms with Gasteiger partial charge >= 0.3 is 0 Å². The molecule has 0 radical (unpaired) electrons. The molecule has 0 aliphatic carbocycles. The standard InChI is InChI=1S/C7H8FNS/c1-5-3-6(10-2)4-9-7(5)8/h3-4H,1-2H3. The quantitative estimate of drug-likeness (QED) is 0.458. The summed E-state index contributed by atoms with van der Waals surface area (Å²) in [5, 5.41) is 0. The molecule has 54 valence electrons. The second-order valence-electron chi connectivity index (χ2n) is 1.98. The molecule has 1 rings (SSSR count). The van der Waals surface area contributed by atoms with Crippen LogP contribution in [-0.4, -0.2) is 11.2 Å². The molecule has 10 heavy (non-hydrogen) atoms. The highest BCUT2D eigenvalue weighted by Crippen LogP contribution is 2.15. The molecule has 0 amide bonds. The zero-order chi connectivity index (χ0) is 7.56. The van der Waals surface area contributed by atoms with Crippen LogP contribution >= 0.6 is 11.8 Å². The third-order valence-corrected chi connectivity index (χ3v) is 1.92. The molecule has 1 heterocycles. The van der Waals surface area contributed by atoms with E-state index in [0.29, 0.717) is 5.56 Å². The average molecular weight is 157 g/mol. The van der Waals surface area contributed by atoms with Gasteiger partial charge in [0.15, 0.2) is 0 Å². The molecular weight excluding hydrogens is 149 g/mol. The fourth-order valence-corrected chi connectivity index (χ4v) is 1.10. The van der Waals surface area contributed by atoms with Gasteiger partial charge in [0.2, 0.25) is 5.95 Å². The van der Waals surface area contributed by atoms with E-state index in [1.165, 1.54) is 6.20 Å². The van der Waals surface area contributed by atoms with E-state index < -0.39 is 0 Å². The largest absolute Gasteiger partial charge is 0.227 e. The molecule has 1 aromatic heterocycles. The van der Waals surface area contributed by atoms with E-state index in [1.54, 1.807) is 24.8 Å². The lowest BCUT2D eigenvalue weighted by molar-refractivity contribution is 0.571. The molecule has 0 saturated heterocycles. The summed E-state index contributed by atoms with van der Waals surface area (Å²) in [6.07, 6.45) is 3.47. The zero-order valence-electron chi connectivity index (χ0n) is 5.89. The van der Waals surface area contributed by atoms with Crippen LogP contribution in [0.3, 0.4) is 0 Å². The van der Waals surface area contributed by atoms with Crippen molar-refractivity contribution in [3.05, 3.63) is 23.8 Å². The van der Waals surface area contributed by atoms with Crippen LogP contribution in [0.25, 0.3) is 0 Å². The SMILES string of the molecule is CSc1cnc(F)c(C)c1. The van der Waals surface area contributed by atoms with Crippen LogP contribution in [0.2, 0.25) is 0 Å². The van der Waals surface area contributed by atoms with Gasteiger partial charge in [0.25, 0.3) is 0 Å². The molecule has 0 saturated carbocycles. The van der Waals surface area contributed by atoms with Crippen LogP contribution in [0.15, 0.2) is 17.2 Å². The first kappa shape index (κ1) is 7.54. The summed E-state index contributed by atoms with van der Waals surface area (Å²) in [5.41, 5.74) is 0.604. The Hall–Kier alpha value is -0.570. The van der Waals surface area contributed by atoms with Gasteiger partial charge in [-0.05, 0) is 19.2 Å². The summed E-state index contributed by atoms with van der Waals surface area (Å²) in [4.78, 5) is 4.56. The molecule has 0 aliphatic heterocycles. The lowest BCUT2D eigenvalue weighted by atomic mass is 10.3. The molecule has 0 N–H and O–H groups in total. The molecule has 0 atom stereocenters. The van der Waals surface area contributed by atoms with Gasteiger partial charge in [-0.3, -0.25) is 0 Å². The molecule has 3 heteroatoms. The molecule has 0 bridgehead atoms. The number of halogens is 1. The lowest BCUT2D eigenvalue weighted by Gasteiger charge is -1.96. The predicted octanol–water partition coefficient (Wildman–Crippen LogP) is 2.25. The number of pyridine rings is 1. The fourth-order valence-electron chi connectivity index (χ4n) is 0.644. The number of aromatic nitrogens is 1. The fraction of sp³-hybridized carbons (Fsp3) is 0.286. The van der Waals surface area contributed by atoms with Crippen molar-refractivity contribution >= 4 is 11.8 Å². The summed E-state index contributed by atoms with van der Waals surface area (Å²) >= 11 is 1.56. The van der Waals surface area contributed by atoms with E-state index >= 15 is 0 Å². The molecule has 0 fully saturated rings. The highest BCUT2D eigenvalue weighted by molar-refractivity contribution is 7.98. The Balaban J connectivity index is 3.04. The first-order chi connectivity index (χ1) is 4.74. The number of hydrogen-bond acceptors (Lipinski definition) is 2. The maximum absolute atomic E-state index is 12.5. The minimum absolute atomic E-state index is 0.377. The Morgan fingerprint density at radius 3 is 2.80 bits per heavy atom. The van der Waals surface area contributed by atoms with Gasteiger partial charge in [-0.2, -0.15) is 4.39 Å². The predicted molar refractivity (Wildman–Crippen MR) is 40.7 cm³/mol. The number of hydrogen-bond donors (Lipinski definition) is 0. The van der Waals surface area contributed by atoms with E-state index in [2.05, 4.69) is 4.98 Å². The van der Waals surface area contributed by atoms with Crippen LogP contribution in [0.4, 0.5) is 4.39 Å². The van der Waals surface area contributed by atoms with Crippen LogP contribution in [-0.2, 0) is 0 Å². The summed E-state index contributed by atoms with van der Waals surface area (Å²) in [7, 11) is 0. The van der Waals surface area contributed by atoms with Gasteiger partial charge < -0.3 is 0 Å². The molecular formula is C7H8FNS. The summed E-state index contributed by atoms with van der Waals surface area (Å²) in [6.45, 7) is 1.71. The third kappa shape index (κ3) is 1.48. The maximum Gasteiger partial charge on any atom is 0.215 e. The van der Waals surface area contributed by atoms with E-state index in [9.17, 15) is 4.39 Å². The summed E-state index contributed by atoms with van der Waals surface area (Å²) < 4.78 is 12.5. The second-order valence-corrected chi connectivity index (χ2v) is 2.86. The first-order valence-electron chi connectivity index (χ1n) is 2.90. The van der Waals surface area contributed by atoms with Gasteiger partial charge in [0, 0.05) is 16.7 Å². The van der Waals surface area contributed by atoms with E-state index in [1.807, 2.05) is 6.26 Å². The Labute approximate surface area is 63.7 Å². The zero-order valence-corrected chi connectivity index (χ0v) is 6.70. The number of rotatable bonds is 1. The van der Waals surface area contributed by atoms with Crippen LogP contribution in [0.1, 0.15) is 5.56 Å². The smallest absolute Gasteiger partial charge is 0.215 e. The number of aryl methyl sites for hydroxylation is 1. The Morgan fingerprint density at radius 1 is 1.60 bits per heavy atom. The van der Waals surface area contributed by atoms with Crippen molar-refractivity contribution in [3.8, 4) is 0 Å². The van der Waals surface area contributed by atoms with Gasteiger partial charge in [-0.25, -0.2) is 4.98 Å². The van der Waals surface area contributed by atoms with Crippen molar-refractivity contribution < 1.29 is 4.39 Å². The highest BCUT2D eigenvalue weighted by Gasteiger charge is 1.97. The minimum Gasteiger partial charge on any atom is -0.227 e. The topological polar surface area (TPSA) is 12.9 Å². The van der Waals surface area contributed by atoms with Gasteiger partial charge in [0.1, 0.15) is 0 Å². The molecule has 0 spiro atoms. The van der Waals surface area contributed by atoms with E-state index in [-0.39, 0.29) is 5.95 Å². The van der Waals surface area contributed by atoms with Crippen molar-refractivity contribution in [2.75, 3.05) is 6.26 Å². The van der Waals surface area contributed by atoms with Crippen molar-refractivity contribution in [1.82, 2.24) is 4.98 Å². The van der Waals surface area contributed by atoms with Crippen LogP contribution in [0, 0.1) is 12.9 Å².